The molecule has 0 spiro atoms. The van der Waals surface area contributed by atoms with Crippen LogP contribution in [0.3, 0.4) is 0 Å². The monoisotopic (exact) mass is 233 g/mol. The molecule has 5 heteroatoms. The fourth-order valence-corrected chi connectivity index (χ4v) is 2.02. The highest BCUT2D eigenvalue weighted by Gasteiger charge is 2.15. The SMILES string of the molecule is CNC(Cc1nccn2c(C)nnc12)C(C)C. The van der Waals surface area contributed by atoms with Gasteiger partial charge in [0, 0.05) is 24.9 Å². The molecule has 2 rings (SSSR count). The van der Waals surface area contributed by atoms with Crippen LogP contribution in [0.4, 0.5) is 0 Å². The highest BCUT2D eigenvalue weighted by molar-refractivity contribution is 5.43. The summed E-state index contributed by atoms with van der Waals surface area (Å²) >= 11 is 0. The van der Waals surface area contributed by atoms with E-state index in [9.17, 15) is 0 Å². The number of hydrogen-bond donors (Lipinski definition) is 1. The van der Waals surface area contributed by atoms with Crippen molar-refractivity contribution in [3.05, 3.63) is 23.9 Å². The Kier molecular flexibility index (Phi) is 3.38. The minimum Gasteiger partial charge on any atom is -0.316 e. The van der Waals surface area contributed by atoms with E-state index in [1.807, 2.05) is 30.8 Å². The minimum atomic E-state index is 0.408. The summed E-state index contributed by atoms with van der Waals surface area (Å²) < 4.78 is 1.98. The van der Waals surface area contributed by atoms with E-state index in [1.165, 1.54) is 0 Å². The third kappa shape index (κ3) is 2.29. The van der Waals surface area contributed by atoms with Crippen LogP contribution in [0.5, 0.6) is 0 Å². The maximum absolute atomic E-state index is 4.43. The van der Waals surface area contributed by atoms with Gasteiger partial charge in [0.2, 0.25) is 0 Å². The summed E-state index contributed by atoms with van der Waals surface area (Å²) in [5, 5.41) is 11.6. The lowest BCUT2D eigenvalue weighted by atomic mass is 9.99. The van der Waals surface area contributed by atoms with Crippen molar-refractivity contribution in [3.63, 3.8) is 0 Å². The topological polar surface area (TPSA) is 55.1 Å². The van der Waals surface area contributed by atoms with E-state index in [0.717, 1.165) is 23.6 Å². The van der Waals surface area contributed by atoms with Gasteiger partial charge in [0.1, 0.15) is 5.82 Å². The molecular formula is C12H19N5. The number of fused-ring (bicyclic) bond motifs is 1. The Morgan fingerprint density at radius 2 is 2.12 bits per heavy atom. The van der Waals surface area contributed by atoms with Gasteiger partial charge in [0.15, 0.2) is 5.65 Å². The second kappa shape index (κ2) is 4.79. The van der Waals surface area contributed by atoms with Gasteiger partial charge in [-0.25, -0.2) is 0 Å². The van der Waals surface area contributed by atoms with E-state index in [1.54, 1.807) is 0 Å². The maximum Gasteiger partial charge on any atom is 0.182 e. The van der Waals surface area contributed by atoms with Gasteiger partial charge in [0.05, 0.1) is 5.69 Å². The van der Waals surface area contributed by atoms with Crippen molar-refractivity contribution in [2.75, 3.05) is 7.05 Å². The molecule has 2 aromatic heterocycles. The molecular weight excluding hydrogens is 214 g/mol. The van der Waals surface area contributed by atoms with Gasteiger partial charge in [0.25, 0.3) is 0 Å². The Morgan fingerprint density at radius 1 is 1.35 bits per heavy atom. The van der Waals surface area contributed by atoms with Crippen molar-refractivity contribution in [2.24, 2.45) is 5.92 Å². The summed E-state index contributed by atoms with van der Waals surface area (Å²) in [6, 6.07) is 0.408. The van der Waals surface area contributed by atoms with Gasteiger partial charge in [-0.15, -0.1) is 10.2 Å². The molecule has 0 aromatic carbocycles. The molecule has 17 heavy (non-hydrogen) atoms. The van der Waals surface area contributed by atoms with Crippen molar-refractivity contribution in [1.29, 1.82) is 0 Å². The number of aryl methyl sites for hydroxylation is 1. The molecule has 0 amide bonds. The number of likely N-dealkylation sites (N-methyl/N-ethyl adjacent to an activating group) is 1. The summed E-state index contributed by atoms with van der Waals surface area (Å²) in [5.41, 5.74) is 1.87. The molecule has 1 N–H and O–H groups in total. The number of nitrogens with one attached hydrogen (secondary N) is 1. The zero-order valence-electron chi connectivity index (χ0n) is 10.8. The van der Waals surface area contributed by atoms with Gasteiger partial charge >= 0.3 is 0 Å². The van der Waals surface area contributed by atoms with Gasteiger partial charge in [-0.3, -0.25) is 9.38 Å². The van der Waals surface area contributed by atoms with Crippen LogP contribution in [0.2, 0.25) is 0 Å². The van der Waals surface area contributed by atoms with Crippen molar-refractivity contribution in [2.45, 2.75) is 33.2 Å². The highest BCUT2D eigenvalue weighted by Crippen LogP contribution is 2.12. The van der Waals surface area contributed by atoms with Crippen LogP contribution in [0, 0.1) is 12.8 Å². The van der Waals surface area contributed by atoms with Gasteiger partial charge in [-0.2, -0.15) is 0 Å². The van der Waals surface area contributed by atoms with Crippen LogP contribution >= 0.6 is 0 Å². The fraction of sp³-hybridized carbons (Fsp3) is 0.583. The normalized spacial score (nSPS) is 13.5. The van der Waals surface area contributed by atoms with E-state index in [0.29, 0.717) is 12.0 Å². The first kappa shape index (κ1) is 12.0. The predicted octanol–water partition coefficient (Wildman–Crippen LogP) is 1.22. The number of nitrogens with zero attached hydrogens (tertiary/aromatic N) is 4. The molecule has 2 heterocycles. The van der Waals surface area contributed by atoms with Crippen LogP contribution < -0.4 is 5.32 Å². The highest BCUT2D eigenvalue weighted by atomic mass is 15.2. The molecule has 0 fully saturated rings. The number of hydrogen-bond acceptors (Lipinski definition) is 4. The molecule has 0 saturated heterocycles. The fourth-order valence-electron chi connectivity index (χ4n) is 2.02. The van der Waals surface area contributed by atoms with Crippen LogP contribution in [-0.4, -0.2) is 32.7 Å². The summed E-state index contributed by atoms with van der Waals surface area (Å²) in [6.07, 6.45) is 4.58. The van der Waals surface area contributed by atoms with Crippen LogP contribution in [0.1, 0.15) is 25.4 Å². The Hall–Kier alpha value is -1.49. The molecule has 0 bridgehead atoms. The molecule has 0 aliphatic rings. The third-order valence-electron chi connectivity index (χ3n) is 3.16. The van der Waals surface area contributed by atoms with Gasteiger partial charge in [-0.05, 0) is 19.9 Å². The molecule has 5 nitrogen and oxygen atoms in total. The first-order chi connectivity index (χ1) is 8.13. The van der Waals surface area contributed by atoms with E-state index >= 15 is 0 Å². The number of rotatable bonds is 4. The zero-order chi connectivity index (χ0) is 12.4. The standard InChI is InChI=1S/C12H19N5/c1-8(2)10(13-4)7-11-12-16-15-9(3)17(12)6-5-14-11/h5-6,8,10,13H,7H2,1-4H3. The molecule has 1 atom stereocenters. The number of aromatic nitrogens is 4. The molecule has 92 valence electrons. The van der Waals surface area contributed by atoms with E-state index in [4.69, 9.17) is 0 Å². The molecule has 0 aliphatic carbocycles. The summed E-state index contributed by atoms with van der Waals surface area (Å²) in [6.45, 7) is 6.36. The van der Waals surface area contributed by atoms with Crippen molar-refractivity contribution >= 4 is 5.65 Å². The lowest BCUT2D eigenvalue weighted by Gasteiger charge is -2.19. The average Bonchev–Trinajstić information content (AvgIpc) is 2.69. The minimum absolute atomic E-state index is 0.408. The van der Waals surface area contributed by atoms with Gasteiger partial charge < -0.3 is 5.32 Å². The Bertz CT molecular complexity index is 503. The lowest BCUT2D eigenvalue weighted by Crippen LogP contribution is -2.33. The maximum atomic E-state index is 4.43. The van der Waals surface area contributed by atoms with Crippen LogP contribution in [0.15, 0.2) is 12.4 Å². The lowest BCUT2D eigenvalue weighted by molar-refractivity contribution is 0.422. The van der Waals surface area contributed by atoms with Gasteiger partial charge in [-0.1, -0.05) is 13.8 Å². The zero-order valence-corrected chi connectivity index (χ0v) is 10.8. The molecule has 1 unspecified atom stereocenters. The summed E-state index contributed by atoms with van der Waals surface area (Å²) in [4.78, 5) is 4.43. The van der Waals surface area contributed by atoms with Crippen LogP contribution in [0.25, 0.3) is 5.65 Å². The Morgan fingerprint density at radius 3 is 2.76 bits per heavy atom. The van der Waals surface area contributed by atoms with E-state index in [-0.39, 0.29) is 0 Å². The molecule has 0 aliphatic heterocycles. The summed E-state index contributed by atoms with van der Waals surface area (Å²) in [5.74, 6) is 1.46. The average molecular weight is 233 g/mol. The second-order valence-electron chi connectivity index (χ2n) is 4.66. The smallest absolute Gasteiger partial charge is 0.182 e. The molecule has 0 radical (unpaired) electrons. The molecule has 0 saturated carbocycles. The first-order valence-corrected chi connectivity index (χ1v) is 5.96. The van der Waals surface area contributed by atoms with E-state index < -0.39 is 0 Å². The van der Waals surface area contributed by atoms with Crippen LogP contribution in [-0.2, 0) is 6.42 Å². The van der Waals surface area contributed by atoms with Crippen molar-refractivity contribution in [1.82, 2.24) is 24.9 Å². The second-order valence-corrected chi connectivity index (χ2v) is 4.66. The quantitative estimate of drug-likeness (QED) is 0.862. The predicted molar refractivity (Wildman–Crippen MR) is 66.9 cm³/mol. The Labute approximate surface area is 101 Å². The van der Waals surface area contributed by atoms with Crippen molar-refractivity contribution in [3.8, 4) is 0 Å². The van der Waals surface area contributed by atoms with E-state index in [2.05, 4.69) is 34.3 Å². The molecule has 2 aromatic rings. The summed E-state index contributed by atoms with van der Waals surface area (Å²) in [7, 11) is 1.99. The Balaban J connectivity index is 2.35. The third-order valence-corrected chi connectivity index (χ3v) is 3.16. The largest absolute Gasteiger partial charge is 0.316 e. The first-order valence-electron chi connectivity index (χ1n) is 5.96. The van der Waals surface area contributed by atoms with Crippen molar-refractivity contribution < 1.29 is 0 Å².